The zero-order valence-electron chi connectivity index (χ0n) is 18.3. The van der Waals surface area contributed by atoms with E-state index in [4.69, 9.17) is 4.52 Å². The number of aryl methyl sites for hydroxylation is 2. The number of nitriles is 1. The third-order valence-electron chi connectivity index (χ3n) is 5.96. The fourth-order valence-electron chi connectivity index (χ4n) is 4.28. The van der Waals surface area contributed by atoms with Gasteiger partial charge in [-0.1, -0.05) is 11.2 Å². The number of halogens is 2. The molecule has 1 aliphatic rings. The van der Waals surface area contributed by atoms with Crippen molar-refractivity contribution in [3.63, 3.8) is 0 Å². The van der Waals surface area contributed by atoms with Crippen LogP contribution in [0.3, 0.4) is 0 Å². The minimum atomic E-state index is -3.02. The lowest BCUT2D eigenvalue weighted by Gasteiger charge is -2.36. The van der Waals surface area contributed by atoms with Crippen molar-refractivity contribution in [1.29, 1.82) is 5.26 Å². The van der Waals surface area contributed by atoms with Gasteiger partial charge in [-0.25, -0.2) is 8.78 Å². The highest BCUT2D eigenvalue weighted by Gasteiger charge is 2.42. The molecule has 1 aromatic carbocycles. The van der Waals surface area contributed by atoms with Gasteiger partial charge >= 0.3 is 0 Å². The Kier molecular flexibility index (Phi) is 5.93. The summed E-state index contributed by atoms with van der Waals surface area (Å²) >= 11 is 0. The van der Waals surface area contributed by atoms with Crippen molar-refractivity contribution in [3.8, 4) is 17.2 Å². The number of benzene rings is 1. The molecule has 0 spiro atoms. The first-order valence-corrected chi connectivity index (χ1v) is 10.6. The molecular formula is C24H22F2N4O3. The lowest BCUT2D eigenvalue weighted by Crippen LogP contribution is -2.51. The molecule has 0 saturated carbocycles. The molecule has 3 heterocycles. The standard InChI is InChI=1S/C24H22F2N4O3/c1-14-23(15(2)33-29-14)16-3-4-20-19(11-16)18(8-10-28-20)21(31)5-6-22(32)30-13-24(25,26)9-7-17(30)12-27/h3-4,8,10-11,17H,5-7,9,13H2,1-2H3/t17-/m0/s1. The van der Waals surface area contributed by atoms with E-state index < -0.39 is 30.8 Å². The predicted molar refractivity (Wildman–Crippen MR) is 116 cm³/mol. The zero-order chi connectivity index (χ0) is 23.8. The summed E-state index contributed by atoms with van der Waals surface area (Å²) < 4.78 is 32.8. The normalized spacial score (nSPS) is 17.7. The second-order valence-electron chi connectivity index (χ2n) is 8.27. The highest BCUT2D eigenvalue weighted by Crippen LogP contribution is 2.32. The molecule has 0 aliphatic carbocycles. The molecule has 4 rings (SSSR count). The monoisotopic (exact) mass is 452 g/mol. The molecule has 0 radical (unpaired) electrons. The molecule has 1 amide bonds. The average molecular weight is 452 g/mol. The number of amides is 1. The highest BCUT2D eigenvalue weighted by atomic mass is 19.3. The highest BCUT2D eigenvalue weighted by molar-refractivity contribution is 6.08. The minimum Gasteiger partial charge on any atom is -0.361 e. The number of aromatic nitrogens is 2. The Balaban J connectivity index is 1.56. The molecule has 3 aromatic rings. The summed E-state index contributed by atoms with van der Waals surface area (Å²) in [5.74, 6) is -3.30. The second kappa shape index (κ2) is 8.70. The molecule has 33 heavy (non-hydrogen) atoms. The summed E-state index contributed by atoms with van der Waals surface area (Å²) in [7, 11) is 0. The van der Waals surface area contributed by atoms with Crippen LogP contribution in [-0.4, -0.2) is 45.2 Å². The van der Waals surface area contributed by atoms with E-state index in [2.05, 4.69) is 10.1 Å². The summed E-state index contributed by atoms with van der Waals surface area (Å²) in [4.78, 5) is 30.8. The van der Waals surface area contributed by atoms with Crippen molar-refractivity contribution in [2.24, 2.45) is 0 Å². The molecular weight excluding hydrogens is 430 g/mol. The first kappa shape index (κ1) is 22.5. The SMILES string of the molecule is Cc1noc(C)c1-c1ccc2nccc(C(=O)CCC(=O)N3CC(F)(F)CC[C@H]3C#N)c2c1. The maximum Gasteiger partial charge on any atom is 0.265 e. The maximum absolute atomic E-state index is 13.8. The number of hydrogen-bond acceptors (Lipinski definition) is 6. The van der Waals surface area contributed by atoms with Gasteiger partial charge in [-0.15, -0.1) is 0 Å². The molecule has 1 fully saturated rings. The van der Waals surface area contributed by atoms with Gasteiger partial charge < -0.3 is 9.42 Å². The van der Waals surface area contributed by atoms with Crippen molar-refractivity contribution in [1.82, 2.24) is 15.0 Å². The number of carbonyl (C=O) groups is 2. The Hall–Kier alpha value is -3.67. The van der Waals surface area contributed by atoms with Gasteiger partial charge in [0.15, 0.2) is 5.78 Å². The molecule has 9 heteroatoms. The van der Waals surface area contributed by atoms with E-state index in [9.17, 15) is 23.6 Å². The van der Waals surface area contributed by atoms with Gasteiger partial charge in [-0.05, 0) is 44.0 Å². The van der Waals surface area contributed by atoms with E-state index in [-0.39, 0.29) is 25.0 Å². The summed E-state index contributed by atoms with van der Waals surface area (Å²) in [6, 6.07) is 8.10. The van der Waals surface area contributed by atoms with Crippen LogP contribution in [0.2, 0.25) is 0 Å². The molecule has 2 aromatic heterocycles. The number of likely N-dealkylation sites (tertiary alicyclic amines) is 1. The first-order valence-electron chi connectivity index (χ1n) is 10.6. The molecule has 1 saturated heterocycles. The fourth-order valence-corrected chi connectivity index (χ4v) is 4.28. The molecule has 0 bridgehead atoms. The van der Waals surface area contributed by atoms with Crippen molar-refractivity contribution < 1.29 is 22.9 Å². The van der Waals surface area contributed by atoms with E-state index >= 15 is 0 Å². The largest absolute Gasteiger partial charge is 0.361 e. The molecule has 170 valence electrons. The van der Waals surface area contributed by atoms with Crippen LogP contribution in [0.15, 0.2) is 35.0 Å². The van der Waals surface area contributed by atoms with Gasteiger partial charge in [-0.2, -0.15) is 5.26 Å². The van der Waals surface area contributed by atoms with Gasteiger partial charge in [0, 0.05) is 42.0 Å². The van der Waals surface area contributed by atoms with Crippen molar-refractivity contribution in [3.05, 3.63) is 47.5 Å². The fraction of sp³-hybridized carbons (Fsp3) is 0.375. The van der Waals surface area contributed by atoms with E-state index in [1.165, 1.54) is 6.20 Å². The Labute approximate surface area is 189 Å². The molecule has 1 aliphatic heterocycles. The van der Waals surface area contributed by atoms with Crippen molar-refractivity contribution in [2.45, 2.75) is 51.5 Å². The Morgan fingerprint density at radius 1 is 1.27 bits per heavy atom. The van der Waals surface area contributed by atoms with Gasteiger partial charge in [0.2, 0.25) is 5.91 Å². The predicted octanol–water partition coefficient (Wildman–Crippen LogP) is 4.62. The van der Waals surface area contributed by atoms with E-state index in [1.54, 1.807) is 19.1 Å². The van der Waals surface area contributed by atoms with Crippen LogP contribution in [-0.2, 0) is 4.79 Å². The van der Waals surface area contributed by atoms with Crippen LogP contribution in [0, 0.1) is 25.2 Å². The molecule has 7 nitrogen and oxygen atoms in total. The first-order chi connectivity index (χ1) is 15.7. The Morgan fingerprint density at radius 3 is 2.76 bits per heavy atom. The van der Waals surface area contributed by atoms with Gasteiger partial charge in [-0.3, -0.25) is 14.6 Å². The molecule has 0 unspecified atom stereocenters. The minimum absolute atomic E-state index is 0.0807. The van der Waals surface area contributed by atoms with Crippen LogP contribution in [0.1, 0.15) is 47.5 Å². The van der Waals surface area contributed by atoms with Crippen LogP contribution in [0.5, 0.6) is 0 Å². The number of piperidine rings is 1. The number of alkyl halides is 2. The number of rotatable bonds is 5. The molecule has 0 N–H and O–H groups in total. The Morgan fingerprint density at radius 2 is 2.06 bits per heavy atom. The maximum atomic E-state index is 13.8. The Bertz CT molecular complexity index is 1260. The number of fused-ring (bicyclic) bond motifs is 1. The third-order valence-corrected chi connectivity index (χ3v) is 5.96. The number of nitrogens with zero attached hydrogens (tertiary/aromatic N) is 4. The van der Waals surface area contributed by atoms with Crippen molar-refractivity contribution >= 4 is 22.6 Å². The van der Waals surface area contributed by atoms with Crippen LogP contribution in [0.4, 0.5) is 8.78 Å². The number of pyridine rings is 1. The van der Waals surface area contributed by atoms with Gasteiger partial charge in [0.25, 0.3) is 5.92 Å². The lowest BCUT2D eigenvalue weighted by molar-refractivity contribution is -0.144. The number of Topliss-reactive ketones (excluding diaryl/α,β-unsaturated/α-hetero) is 1. The topological polar surface area (TPSA) is 100 Å². The zero-order valence-corrected chi connectivity index (χ0v) is 18.3. The number of carbonyl (C=O) groups excluding carboxylic acids is 2. The van der Waals surface area contributed by atoms with Crippen LogP contribution >= 0.6 is 0 Å². The van der Waals surface area contributed by atoms with E-state index in [0.29, 0.717) is 22.2 Å². The van der Waals surface area contributed by atoms with E-state index in [0.717, 1.165) is 21.7 Å². The second-order valence-corrected chi connectivity index (χ2v) is 8.27. The average Bonchev–Trinajstić information content (AvgIpc) is 3.13. The number of ketones is 1. The third kappa shape index (κ3) is 4.46. The lowest BCUT2D eigenvalue weighted by atomic mass is 9.96. The number of hydrogen-bond donors (Lipinski definition) is 0. The summed E-state index contributed by atoms with van der Waals surface area (Å²) in [6.07, 6.45) is 0.602. The molecule has 1 atom stereocenters. The summed E-state index contributed by atoms with van der Waals surface area (Å²) in [5, 5.41) is 13.8. The van der Waals surface area contributed by atoms with Gasteiger partial charge in [0.05, 0.1) is 23.8 Å². The quantitative estimate of drug-likeness (QED) is 0.524. The van der Waals surface area contributed by atoms with Crippen molar-refractivity contribution in [2.75, 3.05) is 6.54 Å². The van der Waals surface area contributed by atoms with Crippen LogP contribution in [0.25, 0.3) is 22.0 Å². The summed E-state index contributed by atoms with van der Waals surface area (Å²) in [5.41, 5.74) is 3.39. The summed E-state index contributed by atoms with van der Waals surface area (Å²) in [6.45, 7) is 2.84. The van der Waals surface area contributed by atoms with Crippen LogP contribution < -0.4 is 0 Å². The van der Waals surface area contributed by atoms with E-state index in [1.807, 2.05) is 25.1 Å². The van der Waals surface area contributed by atoms with Gasteiger partial charge in [0.1, 0.15) is 11.8 Å². The smallest absolute Gasteiger partial charge is 0.265 e.